The second kappa shape index (κ2) is 6.32. The van der Waals surface area contributed by atoms with Gasteiger partial charge < -0.3 is 10.1 Å². The lowest BCUT2D eigenvalue weighted by Crippen LogP contribution is -2.18. The van der Waals surface area contributed by atoms with E-state index in [-0.39, 0.29) is 17.6 Å². The van der Waals surface area contributed by atoms with Crippen molar-refractivity contribution in [1.82, 2.24) is 10.3 Å². The minimum Gasteiger partial charge on any atom is -0.494 e. The Balaban J connectivity index is 1.99. The summed E-state index contributed by atoms with van der Waals surface area (Å²) in [4.78, 5) is 4.16. The monoisotopic (exact) mass is 300 g/mol. The highest BCUT2D eigenvalue weighted by Crippen LogP contribution is 2.23. The topological polar surface area (TPSA) is 34.1 Å². The van der Waals surface area contributed by atoms with Gasteiger partial charge in [0.2, 0.25) is 0 Å². The highest BCUT2D eigenvalue weighted by atomic mass is 35.5. The Bertz CT molecular complexity index is 561. The largest absolute Gasteiger partial charge is 0.494 e. The predicted molar refractivity (Wildman–Crippen MR) is 75.3 cm³/mol. The van der Waals surface area contributed by atoms with E-state index in [1.807, 2.05) is 13.0 Å². The van der Waals surface area contributed by atoms with Crippen LogP contribution in [0.15, 0.2) is 24.4 Å². The summed E-state index contributed by atoms with van der Waals surface area (Å²) in [5.41, 5.74) is 0.862. The maximum atomic E-state index is 13.6. The number of benzene rings is 1. The normalized spacial score (nSPS) is 12.4. The number of halogens is 2. The summed E-state index contributed by atoms with van der Waals surface area (Å²) >= 11 is 7.24. The zero-order chi connectivity index (χ0) is 13.8. The van der Waals surface area contributed by atoms with Crippen LogP contribution in [0.1, 0.15) is 23.5 Å². The van der Waals surface area contributed by atoms with Crippen molar-refractivity contribution in [2.75, 3.05) is 7.11 Å². The Morgan fingerprint density at radius 3 is 2.89 bits per heavy atom. The lowest BCUT2D eigenvalue weighted by atomic mass is 10.1. The van der Waals surface area contributed by atoms with E-state index in [9.17, 15) is 4.39 Å². The molecule has 0 aliphatic heterocycles. The zero-order valence-electron chi connectivity index (χ0n) is 10.6. The summed E-state index contributed by atoms with van der Waals surface area (Å²) in [6, 6.07) is 4.96. The van der Waals surface area contributed by atoms with Gasteiger partial charge in [-0.15, -0.1) is 11.3 Å². The summed E-state index contributed by atoms with van der Waals surface area (Å²) < 4.78 is 19.2. The van der Waals surface area contributed by atoms with E-state index in [1.165, 1.54) is 24.5 Å². The van der Waals surface area contributed by atoms with E-state index < -0.39 is 0 Å². The van der Waals surface area contributed by atoms with Crippen molar-refractivity contribution in [3.63, 3.8) is 0 Å². The summed E-state index contributed by atoms with van der Waals surface area (Å²) in [5.74, 6) is -0.103. The molecule has 3 nitrogen and oxygen atoms in total. The standard InChI is InChI=1S/C13H14ClFN2OS/c1-8(16-7-13-17-6-12(14)19-13)9-3-4-11(18-2)10(15)5-9/h3-6,8,16H,7H2,1-2H3. The van der Waals surface area contributed by atoms with Gasteiger partial charge in [0.1, 0.15) is 9.34 Å². The molecule has 0 radical (unpaired) electrons. The maximum Gasteiger partial charge on any atom is 0.165 e. The molecule has 0 bridgehead atoms. The average molecular weight is 301 g/mol. The summed E-state index contributed by atoms with van der Waals surface area (Å²) in [7, 11) is 1.45. The molecular formula is C13H14ClFN2OS. The zero-order valence-corrected chi connectivity index (χ0v) is 12.2. The predicted octanol–water partition coefficient (Wildman–Crippen LogP) is 3.80. The van der Waals surface area contributed by atoms with Gasteiger partial charge in [-0.25, -0.2) is 9.37 Å². The Kier molecular flexibility index (Phi) is 4.74. The summed E-state index contributed by atoms with van der Waals surface area (Å²) in [6.07, 6.45) is 1.63. The Morgan fingerprint density at radius 2 is 2.32 bits per heavy atom. The van der Waals surface area contributed by atoms with Crippen molar-refractivity contribution in [2.24, 2.45) is 0 Å². The Hall–Kier alpha value is -1.17. The highest BCUT2D eigenvalue weighted by Gasteiger charge is 2.10. The van der Waals surface area contributed by atoms with Crippen molar-refractivity contribution in [3.05, 3.63) is 45.1 Å². The Morgan fingerprint density at radius 1 is 1.53 bits per heavy atom. The van der Waals surface area contributed by atoms with Gasteiger partial charge >= 0.3 is 0 Å². The van der Waals surface area contributed by atoms with Crippen LogP contribution >= 0.6 is 22.9 Å². The molecule has 1 aromatic heterocycles. The fourth-order valence-corrected chi connectivity index (χ4v) is 2.59. The van der Waals surface area contributed by atoms with E-state index in [1.54, 1.807) is 12.3 Å². The first-order valence-electron chi connectivity index (χ1n) is 5.77. The third-order valence-electron chi connectivity index (χ3n) is 2.76. The molecule has 19 heavy (non-hydrogen) atoms. The number of ether oxygens (including phenoxy) is 1. The first kappa shape index (κ1) is 14.2. The van der Waals surface area contributed by atoms with Crippen LogP contribution in [-0.2, 0) is 6.54 Å². The number of hydrogen-bond donors (Lipinski definition) is 1. The molecule has 1 N–H and O–H groups in total. The first-order chi connectivity index (χ1) is 9.10. The van der Waals surface area contributed by atoms with Crippen molar-refractivity contribution < 1.29 is 9.13 Å². The lowest BCUT2D eigenvalue weighted by Gasteiger charge is -2.14. The molecule has 2 aromatic rings. The van der Waals surface area contributed by atoms with Crippen LogP contribution in [0, 0.1) is 5.82 Å². The summed E-state index contributed by atoms with van der Waals surface area (Å²) in [6.45, 7) is 2.57. The van der Waals surface area contributed by atoms with Crippen molar-refractivity contribution >= 4 is 22.9 Å². The van der Waals surface area contributed by atoms with Gasteiger partial charge in [0, 0.05) is 12.6 Å². The van der Waals surface area contributed by atoms with Crippen molar-refractivity contribution in [1.29, 1.82) is 0 Å². The highest BCUT2D eigenvalue weighted by molar-refractivity contribution is 7.15. The Labute approximate surface area is 120 Å². The fraction of sp³-hybridized carbons (Fsp3) is 0.308. The first-order valence-corrected chi connectivity index (χ1v) is 6.96. The van der Waals surface area contributed by atoms with Gasteiger partial charge in [-0.05, 0) is 24.6 Å². The quantitative estimate of drug-likeness (QED) is 0.912. The molecular weight excluding hydrogens is 287 g/mol. The molecule has 2 rings (SSSR count). The second-order valence-corrected chi connectivity index (χ2v) is 5.80. The molecule has 1 heterocycles. The van der Waals surface area contributed by atoms with Crippen LogP contribution < -0.4 is 10.1 Å². The van der Waals surface area contributed by atoms with Crippen LogP contribution in [0.2, 0.25) is 4.34 Å². The minimum atomic E-state index is -0.356. The fourth-order valence-electron chi connectivity index (χ4n) is 1.68. The molecule has 6 heteroatoms. The van der Waals surface area contributed by atoms with Gasteiger partial charge in [0.05, 0.1) is 13.3 Å². The van der Waals surface area contributed by atoms with Gasteiger partial charge in [0.25, 0.3) is 0 Å². The molecule has 0 saturated carbocycles. The molecule has 1 aromatic carbocycles. The number of methoxy groups -OCH3 is 1. The number of hydrogen-bond acceptors (Lipinski definition) is 4. The SMILES string of the molecule is COc1ccc(C(C)NCc2ncc(Cl)s2)cc1F. The smallest absolute Gasteiger partial charge is 0.165 e. The van der Waals surface area contributed by atoms with Crippen LogP contribution in [0.5, 0.6) is 5.75 Å². The molecule has 0 spiro atoms. The maximum absolute atomic E-state index is 13.6. The molecule has 0 amide bonds. The molecule has 0 aliphatic carbocycles. The number of nitrogens with zero attached hydrogens (tertiary/aromatic N) is 1. The third kappa shape index (κ3) is 3.65. The van der Waals surface area contributed by atoms with Crippen LogP contribution in [0.4, 0.5) is 4.39 Å². The third-order valence-corrected chi connectivity index (χ3v) is 3.88. The van der Waals surface area contributed by atoms with Crippen LogP contribution in [0.3, 0.4) is 0 Å². The van der Waals surface area contributed by atoms with E-state index in [4.69, 9.17) is 16.3 Å². The number of rotatable bonds is 5. The van der Waals surface area contributed by atoms with Gasteiger partial charge in [-0.3, -0.25) is 0 Å². The summed E-state index contributed by atoms with van der Waals surface area (Å²) in [5, 5.41) is 4.18. The molecule has 102 valence electrons. The second-order valence-electron chi connectivity index (χ2n) is 4.05. The van der Waals surface area contributed by atoms with Crippen molar-refractivity contribution in [2.45, 2.75) is 19.5 Å². The number of thiazole rings is 1. The average Bonchev–Trinajstić information content (AvgIpc) is 2.81. The van der Waals surface area contributed by atoms with Crippen LogP contribution in [-0.4, -0.2) is 12.1 Å². The number of aromatic nitrogens is 1. The molecule has 0 saturated heterocycles. The van der Waals surface area contributed by atoms with Gasteiger partial charge in [-0.2, -0.15) is 0 Å². The van der Waals surface area contributed by atoms with Crippen molar-refractivity contribution in [3.8, 4) is 5.75 Å². The van der Waals surface area contributed by atoms with Crippen LogP contribution in [0.25, 0.3) is 0 Å². The van der Waals surface area contributed by atoms with E-state index in [0.29, 0.717) is 10.9 Å². The molecule has 1 atom stereocenters. The van der Waals surface area contributed by atoms with E-state index in [0.717, 1.165) is 10.6 Å². The van der Waals surface area contributed by atoms with E-state index in [2.05, 4.69) is 10.3 Å². The lowest BCUT2D eigenvalue weighted by molar-refractivity contribution is 0.385. The van der Waals surface area contributed by atoms with E-state index >= 15 is 0 Å². The molecule has 1 unspecified atom stereocenters. The minimum absolute atomic E-state index is 0.0167. The van der Waals surface area contributed by atoms with Gasteiger partial charge in [-0.1, -0.05) is 17.7 Å². The number of nitrogens with one attached hydrogen (secondary N) is 1. The molecule has 0 fully saturated rings. The molecule has 0 aliphatic rings. The van der Waals surface area contributed by atoms with Gasteiger partial charge in [0.15, 0.2) is 11.6 Å².